The van der Waals surface area contributed by atoms with Crippen molar-refractivity contribution in [2.24, 2.45) is 0 Å². The smallest absolute Gasteiger partial charge is 0.254 e. The molecule has 2 bridgehead atoms. The zero-order valence-corrected chi connectivity index (χ0v) is 20.1. The first-order valence-electron chi connectivity index (χ1n) is 12.0. The molecule has 2 saturated heterocycles. The van der Waals surface area contributed by atoms with Gasteiger partial charge in [-0.2, -0.15) is 0 Å². The number of hydrogen-bond acceptors (Lipinski definition) is 6. The van der Waals surface area contributed by atoms with Crippen LogP contribution in [0.25, 0.3) is 32.2 Å². The monoisotopic (exact) mass is 495 g/mol. The Morgan fingerprint density at radius 1 is 1.00 bits per heavy atom. The number of carbonyl (C=O) groups excluding carboxylic acids is 1. The van der Waals surface area contributed by atoms with Crippen LogP contribution in [-0.2, 0) is 0 Å². The van der Waals surface area contributed by atoms with Crippen molar-refractivity contribution >= 4 is 49.7 Å². The van der Waals surface area contributed by atoms with E-state index < -0.39 is 5.82 Å². The summed E-state index contributed by atoms with van der Waals surface area (Å²) in [4.78, 5) is 23.8. The molecule has 2 aliphatic heterocycles. The summed E-state index contributed by atoms with van der Waals surface area (Å²) in [6.45, 7) is 1.61. The first-order chi connectivity index (χ1) is 17.6. The van der Waals surface area contributed by atoms with E-state index in [1.807, 2.05) is 52.9 Å². The van der Waals surface area contributed by atoms with Gasteiger partial charge < -0.3 is 15.5 Å². The van der Waals surface area contributed by atoms with Crippen LogP contribution < -0.4 is 10.6 Å². The molecular formula is C28H22FN5OS. The van der Waals surface area contributed by atoms with E-state index in [9.17, 15) is 4.79 Å². The van der Waals surface area contributed by atoms with E-state index in [4.69, 9.17) is 0 Å². The van der Waals surface area contributed by atoms with Gasteiger partial charge in [0.25, 0.3) is 5.91 Å². The van der Waals surface area contributed by atoms with Crippen LogP contribution in [0.3, 0.4) is 0 Å². The average Bonchev–Trinajstić information content (AvgIpc) is 3.37. The van der Waals surface area contributed by atoms with Crippen LogP contribution >= 0.6 is 11.3 Å². The number of fused-ring (bicyclic) bond motifs is 4. The predicted molar refractivity (Wildman–Crippen MR) is 141 cm³/mol. The second kappa shape index (κ2) is 8.36. The lowest BCUT2D eigenvalue weighted by Gasteiger charge is -2.53. The number of nitrogens with one attached hydrogen (secondary N) is 2. The lowest BCUT2D eigenvalue weighted by Crippen LogP contribution is -2.69. The number of hydrogen-bond donors (Lipinski definition) is 2. The van der Waals surface area contributed by atoms with Gasteiger partial charge >= 0.3 is 0 Å². The molecule has 3 aromatic carbocycles. The summed E-state index contributed by atoms with van der Waals surface area (Å²) in [5.41, 5.74) is 6.97. The van der Waals surface area contributed by atoms with E-state index in [0.717, 1.165) is 57.6 Å². The lowest BCUT2D eigenvalue weighted by atomic mass is 9.87. The van der Waals surface area contributed by atoms with Crippen molar-refractivity contribution in [1.82, 2.24) is 20.2 Å². The van der Waals surface area contributed by atoms with E-state index in [0.29, 0.717) is 11.1 Å². The number of halogens is 1. The van der Waals surface area contributed by atoms with Crippen LogP contribution in [0.2, 0.25) is 0 Å². The maximum atomic E-state index is 15.3. The lowest BCUT2D eigenvalue weighted by molar-refractivity contribution is -0.00220. The van der Waals surface area contributed by atoms with Gasteiger partial charge in [0.15, 0.2) is 0 Å². The van der Waals surface area contributed by atoms with Crippen LogP contribution in [0.4, 0.5) is 15.8 Å². The highest BCUT2D eigenvalue weighted by Gasteiger charge is 2.44. The van der Waals surface area contributed by atoms with Gasteiger partial charge in [-0.05, 0) is 60.5 Å². The third-order valence-electron chi connectivity index (χ3n) is 7.20. The Hall–Kier alpha value is -3.88. The number of pyridine rings is 1. The maximum Gasteiger partial charge on any atom is 0.254 e. The Labute approximate surface area is 210 Å². The van der Waals surface area contributed by atoms with Gasteiger partial charge in [-0.1, -0.05) is 12.1 Å². The Morgan fingerprint density at radius 2 is 1.89 bits per heavy atom. The standard InChI is InChI=1S/C28H22FN5OS/c29-23-10-17(28(35)34-19-12-20(34)14-30-13-19)1-4-21(23)16-2-5-24-22(9-16)25(7-8-31-24)33-18-3-6-27-26(11-18)32-15-36-27/h1-11,15,19-20,30H,12-14H2,(H,31,33). The van der Waals surface area contributed by atoms with Gasteiger partial charge in [0.05, 0.1) is 21.2 Å². The van der Waals surface area contributed by atoms with Crippen molar-refractivity contribution in [3.63, 3.8) is 0 Å². The topological polar surface area (TPSA) is 70.2 Å². The summed E-state index contributed by atoms with van der Waals surface area (Å²) in [6, 6.07) is 18.9. The molecule has 2 aromatic heterocycles. The van der Waals surface area contributed by atoms with Crippen molar-refractivity contribution in [3.05, 3.63) is 83.8 Å². The molecule has 0 saturated carbocycles. The number of carbonyl (C=O) groups is 1. The second-order valence-corrected chi connectivity index (χ2v) is 10.2. The maximum absolute atomic E-state index is 15.3. The molecule has 8 heteroatoms. The summed E-state index contributed by atoms with van der Waals surface area (Å²) < 4.78 is 16.4. The highest BCUT2D eigenvalue weighted by molar-refractivity contribution is 7.16. The number of anilines is 2. The van der Waals surface area contributed by atoms with Crippen molar-refractivity contribution in [3.8, 4) is 11.1 Å². The molecule has 5 aromatic rings. The molecule has 0 radical (unpaired) electrons. The average molecular weight is 496 g/mol. The SMILES string of the molecule is O=C(c1ccc(-c2ccc3nccc(Nc4ccc5scnc5c4)c3c2)c(F)c1)N1C2CNCC1C2. The molecule has 1 amide bonds. The van der Waals surface area contributed by atoms with E-state index in [2.05, 4.69) is 20.6 Å². The third-order valence-corrected chi connectivity index (χ3v) is 8.01. The summed E-state index contributed by atoms with van der Waals surface area (Å²) in [6.07, 6.45) is 2.78. The Balaban J connectivity index is 1.21. The van der Waals surface area contributed by atoms with Gasteiger partial charge in [0.2, 0.25) is 0 Å². The molecule has 2 N–H and O–H groups in total. The molecule has 2 atom stereocenters. The summed E-state index contributed by atoms with van der Waals surface area (Å²) >= 11 is 1.61. The first-order valence-corrected chi connectivity index (χ1v) is 12.8. The fraction of sp³-hybridized carbons (Fsp3) is 0.179. The van der Waals surface area contributed by atoms with Gasteiger partial charge in [0, 0.05) is 59.3 Å². The van der Waals surface area contributed by atoms with Gasteiger partial charge in [0.1, 0.15) is 5.82 Å². The van der Waals surface area contributed by atoms with Crippen LogP contribution in [0.1, 0.15) is 16.8 Å². The Kier molecular flexibility index (Phi) is 4.97. The number of nitrogens with zero attached hydrogens (tertiary/aromatic N) is 3. The van der Waals surface area contributed by atoms with Gasteiger partial charge in [-0.3, -0.25) is 9.78 Å². The van der Waals surface area contributed by atoms with Crippen LogP contribution in [0.15, 0.2) is 72.4 Å². The highest BCUT2D eigenvalue weighted by Crippen LogP contribution is 2.34. The quantitative estimate of drug-likeness (QED) is 0.341. The number of aromatic nitrogens is 2. The molecule has 7 rings (SSSR count). The fourth-order valence-electron chi connectivity index (χ4n) is 5.36. The van der Waals surface area contributed by atoms with E-state index in [1.165, 1.54) is 6.07 Å². The number of thiazole rings is 1. The largest absolute Gasteiger partial charge is 0.355 e. The van der Waals surface area contributed by atoms with Gasteiger partial charge in [-0.15, -0.1) is 11.3 Å². The van der Waals surface area contributed by atoms with Crippen LogP contribution in [-0.4, -0.2) is 45.9 Å². The summed E-state index contributed by atoms with van der Waals surface area (Å²) in [7, 11) is 0. The minimum absolute atomic E-state index is 0.0884. The van der Waals surface area contributed by atoms with E-state index in [1.54, 1.807) is 29.7 Å². The predicted octanol–water partition coefficient (Wildman–Crippen LogP) is 5.58. The van der Waals surface area contributed by atoms with E-state index in [-0.39, 0.29) is 18.0 Å². The fourth-order valence-corrected chi connectivity index (χ4v) is 6.02. The van der Waals surface area contributed by atoms with Crippen LogP contribution in [0, 0.1) is 5.82 Å². The number of piperazine rings is 1. The molecule has 178 valence electrons. The number of rotatable bonds is 4. The van der Waals surface area contributed by atoms with Crippen molar-refractivity contribution in [1.29, 1.82) is 0 Å². The normalized spacial score (nSPS) is 18.9. The minimum atomic E-state index is -0.406. The number of amides is 1. The van der Waals surface area contributed by atoms with Crippen molar-refractivity contribution < 1.29 is 9.18 Å². The van der Waals surface area contributed by atoms with Gasteiger partial charge in [-0.25, -0.2) is 9.37 Å². The molecular weight excluding hydrogens is 473 g/mol. The molecule has 36 heavy (non-hydrogen) atoms. The zero-order valence-electron chi connectivity index (χ0n) is 19.2. The number of piperidine rings is 1. The molecule has 2 fully saturated rings. The first kappa shape index (κ1) is 21.4. The highest BCUT2D eigenvalue weighted by atomic mass is 32.1. The van der Waals surface area contributed by atoms with Crippen molar-refractivity contribution in [2.75, 3.05) is 18.4 Å². The third kappa shape index (κ3) is 3.53. The minimum Gasteiger partial charge on any atom is -0.355 e. The second-order valence-electron chi connectivity index (χ2n) is 9.36. The summed E-state index contributed by atoms with van der Waals surface area (Å²) in [5.74, 6) is -0.495. The molecule has 0 aliphatic carbocycles. The van der Waals surface area contributed by atoms with Crippen molar-refractivity contribution in [2.45, 2.75) is 18.5 Å². The molecule has 2 aliphatic rings. The molecule has 2 unspecified atom stereocenters. The molecule has 4 heterocycles. The number of benzene rings is 3. The molecule has 0 spiro atoms. The Bertz CT molecular complexity index is 1640. The van der Waals surface area contributed by atoms with Crippen LogP contribution in [0.5, 0.6) is 0 Å². The summed E-state index contributed by atoms with van der Waals surface area (Å²) in [5, 5.41) is 7.67. The molecule has 6 nitrogen and oxygen atoms in total. The zero-order chi connectivity index (χ0) is 24.2. The van der Waals surface area contributed by atoms with E-state index >= 15 is 4.39 Å². The Morgan fingerprint density at radius 3 is 2.72 bits per heavy atom.